The molecule has 2 fully saturated rings. The number of hydrogen-bond donors (Lipinski definition) is 2. The third kappa shape index (κ3) is 2.28. The van der Waals surface area contributed by atoms with E-state index in [9.17, 15) is 4.79 Å². The number of benzene rings is 1. The molecule has 1 aliphatic carbocycles. The van der Waals surface area contributed by atoms with Gasteiger partial charge in [-0.05, 0) is 37.4 Å². The molecule has 2 heterocycles. The lowest BCUT2D eigenvalue weighted by Crippen LogP contribution is -2.48. The molecule has 108 valence electrons. The number of nitrogens with one attached hydrogen (secondary N) is 2. The van der Waals surface area contributed by atoms with Gasteiger partial charge in [-0.2, -0.15) is 0 Å². The number of aromatic nitrogens is 1. The Labute approximate surface area is 127 Å². The van der Waals surface area contributed by atoms with Gasteiger partial charge in [-0.3, -0.25) is 9.78 Å². The SMILES string of the molecule is O=C(NC1CC2CNC1C2)c1cc2c(Cl)cccc2cn1. The van der Waals surface area contributed by atoms with Crippen LogP contribution in [0, 0.1) is 5.92 Å². The Hall–Kier alpha value is -1.65. The highest BCUT2D eigenvalue weighted by molar-refractivity contribution is 6.35. The molecule has 1 aromatic heterocycles. The predicted octanol–water partition coefficient (Wildman–Crippen LogP) is 2.37. The van der Waals surface area contributed by atoms with Gasteiger partial charge in [0.15, 0.2) is 0 Å². The summed E-state index contributed by atoms with van der Waals surface area (Å²) in [7, 11) is 0. The number of piperidine rings is 1. The molecule has 4 rings (SSSR count). The summed E-state index contributed by atoms with van der Waals surface area (Å²) in [6.07, 6.45) is 3.94. The number of pyridine rings is 1. The zero-order valence-electron chi connectivity index (χ0n) is 11.5. The van der Waals surface area contributed by atoms with Gasteiger partial charge in [-0.25, -0.2) is 0 Å². The maximum atomic E-state index is 12.4. The molecule has 1 amide bonds. The van der Waals surface area contributed by atoms with E-state index in [2.05, 4.69) is 15.6 Å². The Morgan fingerprint density at radius 3 is 3.05 bits per heavy atom. The van der Waals surface area contributed by atoms with Crippen LogP contribution in [-0.4, -0.2) is 29.5 Å². The van der Waals surface area contributed by atoms with Crippen molar-refractivity contribution in [1.82, 2.24) is 15.6 Å². The van der Waals surface area contributed by atoms with Crippen LogP contribution in [-0.2, 0) is 0 Å². The number of carbonyl (C=O) groups is 1. The molecular formula is C16H16ClN3O. The van der Waals surface area contributed by atoms with Crippen LogP contribution in [0.15, 0.2) is 30.5 Å². The third-order valence-electron chi connectivity index (χ3n) is 4.59. The molecule has 0 spiro atoms. The van der Waals surface area contributed by atoms with E-state index in [4.69, 9.17) is 11.6 Å². The summed E-state index contributed by atoms with van der Waals surface area (Å²) in [6, 6.07) is 8.06. The monoisotopic (exact) mass is 301 g/mol. The smallest absolute Gasteiger partial charge is 0.270 e. The Balaban J connectivity index is 1.58. The van der Waals surface area contributed by atoms with E-state index < -0.39 is 0 Å². The van der Waals surface area contributed by atoms with E-state index in [-0.39, 0.29) is 11.9 Å². The van der Waals surface area contributed by atoms with Crippen molar-refractivity contribution in [2.45, 2.75) is 24.9 Å². The van der Waals surface area contributed by atoms with Gasteiger partial charge in [-0.1, -0.05) is 23.7 Å². The van der Waals surface area contributed by atoms with Crippen molar-refractivity contribution in [1.29, 1.82) is 0 Å². The standard InChI is InChI=1S/C16H16ClN3O/c17-12-3-1-2-10-8-19-15(6-11(10)12)16(21)20-14-5-9-4-13(14)18-7-9/h1-3,6,8-9,13-14,18H,4-5,7H2,(H,20,21). The minimum Gasteiger partial charge on any atom is -0.346 e. The van der Waals surface area contributed by atoms with Crippen molar-refractivity contribution in [3.05, 3.63) is 41.2 Å². The van der Waals surface area contributed by atoms with E-state index in [1.165, 1.54) is 6.42 Å². The first kappa shape index (κ1) is 13.0. The van der Waals surface area contributed by atoms with E-state index in [1.54, 1.807) is 12.3 Å². The number of hydrogen-bond acceptors (Lipinski definition) is 3. The number of rotatable bonds is 2. The van der Waals surface area contributed by atoms with Crippen LogP contribution in [0.4, 0.5) is 0 Å². The second-order valence-corrected chi connectivity index (χ2v) is 6.37. The Morgan fingerprint density at radius 2 is 2.29 bits per heavy atom. The Bertz CT molecular complexity index is 718. The van der Waals surface area contributed by atoms with Crippen LogP contribution in [0.5, 0.6) is 0 Å². The van der Waals surface area contributed by atoms with Crippen LogP contribution in [0.2, 0.25) is 5.02 Å². The highest BCUT2D eigenvalue weighted by Gasteiger charge is 2.40. The quantitative estimate of drug-likeness (QED) is 0.895. The van der Waals surface area contributed by atoms with Crippen LogP contribution < -0.4 is 10.6 Å². The second kappa shape index (κ2) is 4.97. The molecule has 3 unspecified atom stereocenters. The minimum absolute atomic E-state index is 0.115. The van der Waals surface area contributed by atoms with Crippen molar-refractivity contribution in [2.75, 3.05) is 6.54 Å². The molecule has 2 aliphatic rings. The molecule has 21 heavy (non-hydrogen) atoms. The Kier molecular flexibility index (Phi) is 3.08. The van der Waals surface area contributed by atoms with Crippen LogP contribution in [0.25, 0.3) is 10.8 Å². The molecule has 4 nitrogen and oxygen atoms in total. The summed E-state index contributed by atoms with van der Waals surface area (Å²) in [5.41, 5.74) is 0.429. The van der Waals surface area contributed by atoms with Crippen LogP contribution in [0.1, 0.15) is 23.3 Å². The van der Waals surface area contributed by atoms with Crippen molar-refractivity contribution >= 4 is 28.3 Å². The van der Waals surface area contributed by atoms with E-state index in [0.29, 0.717) is 22.7 Å². The number of amides is 1. The van der Waals surface area contributed by atoms with Gasteiger partial charge < -0.3 is 10.6 Å². The summed E-state index contributed by atoms with van der Waals surface area (Å²) in [5, 5.41) is 9.00. The molecule has 5 heteroatoms. The van der Waals surface area contributed by atoms with Crippen LogP contribution in [0.3, 0.4) is 0 Å². The number of carbonyl (C=O) groups excluding carboxylic acids is 1. The fraction of sp³-hybridized carbons (Fsp3) is 0.375. The lowest BCUT2D eigenvalue weighted by molar-refractivity contribution is 0.0923. The lowest BCUT2D eigenvalue weighted by Gasteiger charge is -2.23. The van der Waals surface area contributed by atoms with Crippen molar-refractivity contribution < 1.29 is 4.79 Å². The molecule has 2 N–H and O–H groups in total. The van der Waals surface area contributed by atoms with Crippen molar-refractivity contribution in [2.24, 2.45) is 5.92 Å². The molecule has 1 aromatic carbocycles. The number of nitrogens with zero attached hydrogens (tertiary/aromatic N) is 1. The number of halogens is 1. The zero-order valence-corrected chi connectivity index (χ0v) is 12.2. The highest BCUT2D eigenvalue weighted by atomic mass is 35.5. The molecule has 1 saturated heterocycles. The van der Waals surface area contributed by atoms with Crippen molar-refractivity contribution in [3.63, 3.8) is 0 Å². The first-order chi connectivity index (χ1) is 10.2. The molecule has 0 radical (unpaired) electrons. The summed E-state index contributed by atoms with van der Waals surface area (Å²) >= 11 is 6.19. The van der Waals surface area contributed by atoms with Gasteiger partial charge >= 0.3 is 0 Å². The summed E-state index contributed by atoms with van der Waals surface area (Å²) < 4.78 is 0. The summed E-state index contributed by atoms with van der Waals surface area (Å²) in [6.45, 7) is 1.08. The number of fused-ring (bicyclic) bond motifs is 3. The zero-order chi connectivity index (χ0) is 14.4. The van der Waals surface area contributed by atoms with E-state index >= 15 is 0 Å². The van der Waals surface area contributed by atoms with Crippen LogP contribution >= 0.6 is 11.6 Å². The second-order valence-electron chi connectivity index (χ2n) is 5.96. The topological polar surface area (TPSA) is 54.0 Å². The van der Waals surface area contributed by atoms with Crippen molar-refractivity contribution in [3.8, 4) is 0 Å². The first-order valence-corrected chi connectivity index (χ1v) is 7.67. The highest BCUT2D eigenvalue weighted by Crippen LogP contribution is 2.31. The average Bonchev–Trinajstić information content (AvgIpc) is 3.10. The third-order valence-corrected chi connectivity index (χ3v) is 4.92. The van der Waals surface area contributed by atoms with Gasteiger partial charge in [0.05, 0.1) is 0 Å². The average molecular weight is 302 g/mol. The van der Waals surface area contributed by atoms with Gasteiger partial charge in [0, 0.05) is 34.1 Å². The minimum atomic E-state index is -0.115. The maximum absolute atomic E-state index is 12.4. The van der Waals surface area contributed by atoms with Gasteiger partial charge in [-0.15, -0.1) is 0 Å². The lowest BCUT2D eigenvalue weighted by atomic mass is 10.1. The van der Waals surface area contributed by atoms with E-state index in [1.807, 2.05) is 18.2 Å². The molecule has 2 bridgehead atoms. The normalized spacial score (nSPS) is 27.2. The Morgan fingerprint density at radius 1 is 1.38 bits per heavy atom. The summed E-state index contributed by atoms with van der Waals surface area (Å²) in [5.74, 6) is 0.593. The molecule has 2 aromatic rings. The van der Waals surface area contributed by atoms with Gasteiger partial charge in [0.1, 0.15) is 5.69 Å². The molecule has 1 aliphatic heterocycles. The molecular weight excluding hydrogens is 286 g/mol. The fourth-order valence-corrected chi connectivity index (χ4v) is 3.75. The summed E-state index contributed by atoms with van der Waals surface area (Å²) in [4.78, 5) is 16.6. The van der Waals surface area contributed by atoms with Gasteiger partial charge in [0.25, 0.3) is 5.91 Å². The molecule has 3 atom stereocenters. The molecule has 1 saturated carbocycles. The maximum Gasteiger partial charge on any atom is 0.270 e. The van der Waals surface area contributed by atoms with Gasteiger partial charge in [0.2, 0.25) is 0 Å². The fourth-order valence-electron chi connectivity index (χ4n) is 3.51. The largest absolute Gasteiger partial charge is 0.346 e. The van der Waals surface area contributed by atoms with E-state index in [0.717, 1.165) is 23.7 Å². The predicted molar refractivity (Wildman–Crippen MR) is 82.5 cm³/mol. The first-order valence-electron chi connectivity index (χ1n) is 7.29.